The Morgan fingerprint density at radius 3 is 1.43 bits per heavy atom. The van der Waals surface area contributed by atoms with Gasteiger partial charge < -0.3 is 64.2 Å². The summed E-state index contributed by atoms with van der Waals surface area (Å²) in [5.74, 6) is -0.459. The van der Waals surface area contributed by atoms with Crippen LogP contribution >= 0.6 is 0 Å². The number of ether oxygens (including phenoxy) is 6. The van der Waals surface area contributed by atoms with E-state index in [9.17, 15) is 40.5 Å². The van der Waals surface area contributed by atoms with Crippen molar-refractivity contribution in [3.05, 3.63) is 72.9 Å². The topological polar surface area (TPSA) is 214 Å². The van der Waals surface area contributed by atoms with Crippen molar-refractivity contribution in [1.29, 1.82) is 0 Å². The van der Waals surface area contributed by atoms with Crippen LogP contribution in [-0.2, 0) is 33.2 Å². The molecule has 2 heterocycles. The maximum Gasteiger partial charge on any atom is 0.306 e. The van der Waals surface area contributed by atoms with Crippen molar-refractivity contribution in [2.75, 3.05) is 33.0 Å². The summed E-state index contributed by atoms with van der Waals surface area (Å²) in [6.07, 6.45) is 32.6. The molecule has 14 nitrogen and oxygen atoms in total. The highest BCUT2D eigenvalue weighted by atomic mass is 16.7. The minimum Gasteiger partial charge on any atom is -0.457 e. The predicted molar refractivity (Wildman–Crippen MR) is 261 cm³/mol. The van der Waals surface area contributed by atoms with Gasteiger partial charge in [0.15, 0.2) is 12.6 Å². The van der Waals surface area contributed by atoms with Gasteiger partial charge in [0.2, 0.25) is 0 Å². The smallest absolute Gasteiger partial charge is 0.306 e. The van der Waals surface area contributed by atoms with Crippen LogP contribution in [-0.4, -0.2) is 142 Å². The van der Waals surface area contributed by atoms with Gasteiger partial charge in [-0.15, -0.1) is 0 Å². The zero-order valence-electron chi connectivity index (χ0n) is 40.9. The zero-order chi connectivity index (χ0) is 48.7. The Hall–Kier alpha value is -2.57. The summed E-state index contributed by atoms with van der Waals surface area (Å²) in [5, 5.41) is 72.1. The highest BCUT2D eigenvalue weighted by Crippen LogP contribution is 2.26. The molecule has 2 aliphatic rings. The second-order valence-electron chi connectivity index (χ2n) is 17.6. The van der Waals surface area contributed by atoms with Crippen LogP contribution < -0.4 is 0 Å². The van der Waals surface area contributed by atoms with Gasteiger partial charge in [0.25, 0.3) is 0 Å². The second-order valence-corrected chi connectivity index (χ2v) is 17.6. The van der Waals surface area contributed by atoms with Crippen LogP contribution in [0.15, 0.2) is 72.9 Å². The highest BCUT2D eigenvalue weighted by molar-refractivity contribution is 5.69. The summed E-state index contributed by atoms with van der Waals surface area (Å²) in [5.41, 5.74) is 0. The van der Waals surface area contributed by atoms with Gasteiger partial charge in [0.1, 0.15) is 54.9 Å². The molecule has 0 amide bonds. The molecule has 14 heteroatoms. The van der Waals surface area contributed by atoms with Crippen LogP contribution in [0.4, 0.5) is 0 Å². The van der Waals surface area contributed by atoms with Gasteiger partial charge in [-0.1, -0.05) is 170 Å². The Bertz CT molecular complexity index is 1380. The Morgan fingerprint density at radius 1 is 0.507 bits per heavy atom. The van der Waals surface area contributed by atoms with Gasteiger partial charge >= 0.3 is 5.97 Å². The van der Waals surface area contributed by atoms with Crippen LogP contribution in [0.3, 0.4) is 0 Å². The molecule has 2 aliphatic heterocycles. The Balaban J connectivity index is 1.81. The van der Waals surface area contributed by atoms with Crippen molar-refractivity contribution in [2.45, 2.75) is 223 Å². The summed E-state index contributed by atoms with van der Waals surface area (Å²) >= 11 is 0. The molecule has 2 fully saturated rings. The van der Waals surface area contributed by atoms with E-state index in [1.54, 1.807) is 0 Å². The summed E-state index contributed by atoms with van der Waals surface area (Å²) in [6, 6.07) is 0. The molecule has 2 saturated heterocycles. The standard InChI is InChI=1S/C53H90O14/c1-3-5-7-9-11-13-15-17-19-20-21-22-23-24-26-28-30-32-34-36-45(55)65-42(39-62-37-35-33-31-29-27-25-18-16-14-12-10-8-6-4-2)40-63-52-51(61)49(59)47(57)44(67-52)41-64-53-50(60)48(58)46(56)43(38-54)66-53/h5,7,11,13,17,19,21-22,24,26,30,32,42-44,46-54,56-61H,3-4,6,8-10,12,14-16,18,20,23,25,27-29,31,33-41H2,1-2H3/b7-5-,13-11-,19-17-,22-21-,26-24-,32-30-. The third kappa shape index (κ3) is 28.0. The quantitative estimate of drug-likeness (QED) is 0.0181. The monoisotopic (exact) mass is 951 g/mol. The molecule has 11 atom stereocenters. The first-order valence-corrected chi connectivity index (χ1v) is 25.5. The Morgan fingerprint density at radius 2 is 0.940 bits per heavy atom. The number of aliphatic hydroxyl groups is 7. The van der Waals surface area contributed by atoms with E-state index in [0.717, 1.165) is 57.8 Å². The second kappa shape index (κ2) is 40.2. The maximum atomic E-state index is 13.0. The average molecular weight is 951 g/mol. The number of rotatable bonds is 39. The molecule has 7 N–H and O–H groups in total. The van der Waals surface area contributed by atoms with Gasteiger partial charge in [0.05, 0.1) is 26.4 Å². The molecule has 67 heavy (non-hydrogen) atoms. The molecular weight excluding hydrogens is 861 g/mol. The van der Waals surface area contributed by atoms with E-state index in [1.807, 2.05) is 12.2 Å². The lowest BCUT2D eigenvalue weighted by atomic mass is 9.98. The molecule has 11 unspecified atom stereocenters. The van der Waals surface area contributed by atoms with Gasteiger partial charge in [-0.3, -0.25) is 4.79 Å². The van der Waals surface area contributed by atoms with E-state index in [2.05, 4.69) is 74.6 Å². The summed E-state index contributed by atoms with van der Waals surface area (Å²) in [7, 11) is 0. The van der Waals surface area contributed by atoms with E-state index in [0.29, 0.717) is 13.0 Å². The van der Waals surface area contributed by atoms with Crippen LogP contribution in [0, 0.1) is 0 Å². The Labute approximate surface area is 402 Å². The van der Waals surface area contributed by atoms with Crippen molar-refractivity contribution in [1.82, 2.24) is 0 Å². The van der Waals surface area contributed by atoms with Gasteiger partial charge in [-0.05, 0) is 51.4 Å². The molecule has 386 valence electrons. The normalized spacial score (nSPS) is 26.7. The lowest BCUT2D eigenvalue weighted by Crippen LogP contribution is -2.61. The maximum absolute atomic E-state index is 13.0. The first-order chi connectivity index (χ1) is 32.6. The van der Waals surface area contributed by atoms with E-state index in [1.165, 1.54) is 70.6 Å². The zero-order valence-corrected chi connectivity index (χ0v) is 40.9. The number of carbonyl (C=O) groups is 1. The van der Waals surface area contributed by atoms with Crippen molar-refractivity contribution in [2.24, 2.45) is 0 Å². The number of carbonyl (C=O) groups excluding carboxylic acids is 1. The molecule has 0 bridgehead atoms. The fourth-order valence-electron chi connectivity index (χ4n) is 7.60. The summed E-state index contributed by atoms with van der Waals surface area (Å²) in [6.45, 7) is 3.47. The first kappa shape index (κ1) is 60.6. The van der Waals surface area contributed by atoms with Crippen molar-refractivity contribution in [3.8, 4) is 0 Å². The van der Waals surface area contributed by atoms with Crippen LogP contribution in [0.25, 0.3) is 0 Å². The number of allylic oxidation sites excluding steroid dienone is 12. The third-order valence-electron chi connectivity index (χ3n) is 11.7. The van der Waals surface area contributed by atoms with Crippen molar-refractivity contribution < 1.29 is 69.0 Å². The molecule has 0 aromatic heterocycles. The molecule has 0 aromatic carbocycles. The Kier molecular flexibility index (Phi) is 36.3. The van der Waals surface area contributed by atoms with E-state index in [4.69, 9.17) is 28.4 Å². The number of unbranched alkanes of at least 4 members (excludes halogenated alkanes) is 13. The van der Waals surface area contributed by atoms with Gasteiger partial charge in [-0.25, -0.2) is 0 Å². The van der Waals surface area contributed by atoms with Gasteiger partial charge in [0, 0.05) is 13.0 Å². The summed E-state index contributed by atoms with van der Waals surface area (Å²) < 4.78 is 34.2. The number of hydrogen-bond donors (Lipinski definition) is 7. The van der Waals surface area contributed by atoms with E-state index in [-0.39, 0.29) is 19.6 Å². The highest BCUT2D eigenvalue weighted by Gasteiger charge is 2.47. The van der Waals surface area contributed by atoms with Crippen molar-refractivity contribution >= 4 is 5.97 Å². The van der Waals surface area contributed by atoms with Crippen LogP contribution in [0.1, 0.15) is 155 Å². The molecule has 0 aromatic rings. The number of esters is 1. The molecule has 0 radical (unpaired) electrons. The predicted octanol–water partition coefficient (Wildman–Crippen LogP) is 7.51. The minimum atomic E-state index is -1.72. The third-order valence-corrected chi connectivity index (χ3v) is 11.7. The largest absolute Gasteiger partial charge is 0.457 e. The molecule has 0 aliphatic carbocycles. The summed E-state index contributed by atoms with van der Waals surface area (Å²) in [4.78, 5) is 13.0. The van der Waals surface area contributed by atoms with Gasteiger partial charge in [-0.2, -0.15) is 0 Å². The lowest BCUT2D eigenvalue weighted by molar-refractivity contribution is -0.332. The van der Waals surface area contributed by atoms with E-state index >= 15 is 0 Å². The average Bonchev–Trinajstić information content (AvgIpc) is 3.32. The number of aliphatic hydroxyl groups excluding tert-OH is 7. The number of hydrogen-bond acceptors (Lipinski definition) is 14. The molecular formula is C53H90O14. The van der Waals surface area contributed by atoms with Crippen LogP contribution in [0.5, 0.6) is 0 Å². The molecule has 0 spiro atoms. The fraction of sp³-hybridized carbons (Fsp3) is 0.755. The fourth-order valence-corrected chi connectivity index (χ4v) is 7.60. The molecule has 0 saturated carbocycles. The SMILES string of the molecule is CC/C=C\C/C=C\C/C=C\C/C=C\C/C=C\C/C=C\CCC(=O)OC(COCCCCCCCCCCCCCCCC)COC1OC(COC2OC(CO)C(O)C(O)C2O)C(O)C(O)C1O. The first-order valence-electron chi connectivity index (χ1n) is 25.5. The minimum absolute atomic E-state index is 0.0295. The van der Waals surface area contributed by atoms with Crippen LogP contribution in [0.2, 0.25) is 0 Å². The molecule has 2 rings (SSSR count). The van der Waals surface area contributed by atoms with Crippen molar-refractivity contribution in [3.63, 3.8) is 0 Å². The lowest BCUT2D eigenvalue weighted by Gasteiger charge is -2.42. The van der Waals surface area contributed by atoms with E-state index < -0.39 is 86.7 Å².